The van der Waals surface area contributed by atoms with Gasteiger partial charge in [-0.15, -0.1) is 0 Å². The Kier molecular flexibility index (Phi) is 8.32. The Hall–Kier alpha value is -1.14. The van der Waals surface area contributed by atoms with Crippen LogP contribution in [-0.2, 0) is 23.7 Å². The molecule has 0 aliphatic rings. The summed E-state index contributed by atoms with van der Waals surface area (Å²) in [5.74, 6) is -0.399. The van der Waals surface area contributed by atoms with Gasteiger partial charge in [-0.1, -0.05) is 25.5 Å². The number of imidazole rings is 1. The molecule has 0 saturated carbocycles. The quantitative estimate of drug-likeness (QED) is 0.460. The number of nitrogens with zero attached hydrogens (tertiary/aromatic N) is 2. The lowest BCUT2D eigenvalue weighted by molar-refractivity contribution is -0.671. The first-order valence-electron chi connectivity index (χ1n) is 5.94. The number of allylic oxidation sites excluding steroid dienone is 1. The molecule has 1 aromatic rings. The molecule has 18 heavy (non-hydrogen) atoms. The molecular formula is C12H22N2O3S. The smallest absolute Gasteiger partial charge is 0.243 e. The molecule has 6 heteroatoms. The van der Waals surface area contributed by atoms with Crippen molar-refractivity contribution in [3.63, 3.8) is 0 Å². The predicted molar refractivity (Wildman–Crippen MR) is 69.9 cm³/mol. The van der Waals surface area contributed by atoms with Crippen LogP contribution in [0.4, 0.5) is 0 Å². The van der Waals surface area contributed by atoms with E-state index in [2.05, 4.69) is 34.8 Å². The van der Waals surface area contributed by atoms with Crippen molar-refractivity contribution < 1.29 is 17.5 Å². The van der Waals surface area contributed by atoms with E-state index in [1.165, 1.54) is 25.0 Å². The van der Waals surface area contributed by atoms with E-state index >= 15 is 0 Å². The maximum Gasteiger partial charge on any atom is 0.243 e. The summed E-state index contributed by atoms with van der Waals surface area (Å²) in [7, 11) is -1.98. The van der Waals surface area contributed by atoms with Crippen molar-refractivity contribution in [1.29, 1.82) is 0 Å². The first-order chi connectivity index (χ1) is 8.39. The third-order valence-corrected chi connectivity index (χ3v) is 2.73. The van der Waals surface area contributed by atoms with Gasteiger partial charge in [0.1, 0.15) is 12.4 Å². The van der Waals surface area contributed by atoms with Crippen LogP contribution in [0.2, 0.25) is 0 Å². The number of aromatic nitrogens is 2. The number of hydrogen-bond donors (Lipinski definition) is 0. The van der Waals surface area contributed by atoms with E-state index in [9.17, 15) is 13.0 Å². The fraction of sp³-hybridized carbons (Fsp3) is 0.583. The average Bonchev–Trinajstić information content (AvgIpc) is 2.69. The lowest BCUT2D eigenvalue weighted by atomic mass is 10.3. The van der Waals surface area contributed by atoms with E-state index in [1.54, 1.807) is 6.92 Å². The number of rotatable bonds is 5. The summed E-state index contributed by atoms with van der Waals surface area (Å²) < 4.78 is 33.6. The topological polar surface area (TPSA) is 66.0 Å². The van der Waals surface area contributed by atoms with Crippen LogP contribution >= 0.6 is 0 Å². The second kappa shape index (κ2) is 8.88. The van der Waals surface area contributed by atoms with E-state index in [0.717, 1.165) is 6.54 Å². The van der Waals surface area contributed by atoms with Crippen LogP contribution in [0.1, 0.15) is 26.7 Å². The molecule has 0 saturated heterocycles. The van der Waals surface area contributed by atoms with Crippen LogP contribution in [-0.4, -0.2) is 23.3 Å². The van der Waals surface area contributed by atoms with E-state index < -0.39 is 15.9 Å². The lowest BCUT2D eigenvalue weighted by Crippen LogP contribution is -2.23. The summed E-state index contributed by atoms with van der Waals surface area (Å²) in [4.78, 5) is 0. The molecule has 0 aromatic carbocycles. The molecule has 104 valence electrons. The van der Waals surface area contributed by atoms with Gasteiger partial charge in [0, 0.05) is 0 Å². The highest BCUT2D eigenvalue weighted by molar-refractivity contribution is 7.85. The first-order valence-corrected chi connectivity index (χ1v) is 7.52. The maximum atomic E-state index is 9.78. The normalized spacial score (nSPS) is 11.3. The van der Waals surface area contributed by atoms with Crippen LogP contribution in [0.15, 0.2) is 30.9 Å². The van der Waals surface area contributed by atoms with Crippen LogP contribution in [0, 0.1) is 0 Å². The van der Waals surface area contributed by atoms with Crippen LogP contribution in [0.25, 0.3) is 0 Å². The highest BCUT2D eigenvalue weighted by Crippen LogP contribution is 1.91. The van der Waals surface area contributed by atoms with E-state index in [1.807, 2.05) is 7.05 Å². The monoisotopic (exact) mass is 274 g/mol. The predicted octanol–water partition coefficient (Wildman–Crippen LogP) is 1.22. The summed E-state index contributed by atoms with van der Waals surface area (Å²) in [6, 6.07) is 0. The van der Waals surface area contributed by atoms with Gasteiger partial charge in [0.15, 0.2) is 0 Å². The second-order valence-corrected chi connectivity index (χ2v) is 5.41. The Bertz CT molecular complexity index is 450. The molecule has 0 spiro atoms. The molecule has 0 bridgehead atoms. The molecule has 0 unspecified atom stereocenters. The van der Waals surface area contributed by atoms with Gasteiger partial charge < -0.3 is 4.55 Å². The summed E-state index contributed by atoms with van der Waals surface area (Å²) in [6.07, 6.45) is 11.6. The molecule has 1 rings (SSSR count). The first kappa shape index (κ1) is 16.9. The zero-order valence-electron chi connectivity index (χ0n) is 11.2. The molecule has 0 N–H and O–H groups in total. The zero-order chi connectivity index (χ0) is 14.0. The molecule has 1 heterocycles. The van der Waals surface area contributed by atoms with Crippen molar-refractivity contribution in [1.82, 2.24) is 4.57 Å². The third-order valence-electron chi connectivity index (χ3n) is 2.13. The number of aryl methyl sites for hydroxylation is 2. The Morgan fingerprint density at radius 1 is 1.44 bits per heavy atom. The van der Waals surface area contributed by atoms with Crippen molar-refractivity contribution >= 4 is 10.1 Å². The van der Waals surface area contributed by atoms with E-state index in [0.29, 0.717) is 0 Å². The van der Waals surface area contributed by atoms with Gasteiger partial charge in [0.25, 0.3) is 0 Å². The Morgan fingerprint density at radius 2 is 2.11 bits per heavy atom. The average molecular weight is 274 g/mol. The molecular weight excluding hydrogens is 252 g/mol. The molecule has 5 nitrogen and oxygen atoms in total. The minimum atomic E-state index is -4.02. The summed E-state index contributed by atoms with van der Waals surface area (Å²) >= 11 is 0. The molecule has 0 atom stereocenters. The highest BCUT2D eigenvalue weighted by Gasteiger charge is 1.96. The van der Waals surface area contributed by atoms with Gasteiger partial charge in [-0.3, -0.25) is 0 Å². The largest absolute Gasteiger partial charge is 0.748 e. The van der Waals surface area contributed by atoms with Crippen molar-refractivity contribution in [3.8, 4) is 0 Å². The van der Waals surface area contributed by atoms with Crippen LogP contribution < -0.4 is 4.57 Å². The molecule has 0 amide bonds. The van der Waals surface area contributed by atoms with E-state index in [-0.39, 0.29) is 0 Å². The summed E-state index contributed by atoms with van der Waals surface area (Å²) in [5.41, 5.74) is 0. The highest BCUT2D eigenvalue weighted by atomic mass is 32.2. The van der Waals surface area contributed by atoms with Crippen LogP contribution in [0.3, 0.4) is 0 Å². The lowest BCUT2D eigenvalue weighted by Gasteiger charge is -1.99. The standard InChI is InChI=1S/C8H15N2.C4H8O3S/c1-3-4-5-10-7-6-9(2)8-10;1-2-3-4-8(5,6)7/h6-8H,3-5H2,1-2H3;2-3H,4H2,1H3,(H,5,6,7)/q+1;/p-1. The maximum absolute atomic E-state index is 9.78. The zero-order valence-corrected chi connectivity index (χ0v) is 12.1. The Labute approximate surface area is 110 Å². The molecule has 0 radical (unpaired) electrons. The summed E-state index contributed by atoms with van der Waals surface area (Å²) in [5, 5.41) is 0. The third kappa shape index (κ3) is 10.0. The van der Waals surface area contributed by atoms with Gasteiger partial charge >= 0.3 is 0 Å². The fourth-order valence-corrected chi connectivity index (χ4v) is 1.62. The van der Waals surface area contributed by atoms with E-state index in [4.69, 9.17) is 0 Å². The fourth-order valence-electron chi connectivity index (χ4n) is 1.19. The van der Waals surface area contributed by atoms with Gasteiger partial charge in [-0.05, 0) is 13.3 Å². The minimum Gasteiger partial charge on any atom is -0.748 e. The number of unbranched alkanes of at least 4 members (excludes halogenated alkanes) is 1. The van der Waals surface area contributed by atoms with Crippen molar-refractivity contribution in [2.75, 3.05) is 5.75 Å². The SMILES string of the molecule is CC=CCS(=O)(=O)[O-].CCCCn1cc[n+](C)c1. The molecule has 0 fully saturated rings. The van der Waals surface area contributed by atoms with Crippen molar-refractivity contribution in [2.45, 2.75) is 33.2 Å². The molecule has 0 aliphatic carbocycles. The van der Waals surface area contributed by atoms with Crippen molar-refractivity contribution in [3.05, 3.63) is 30.9 Å². The molecule has 1 aromatic heterocycles. The van der Waals surface area contributed by atoms with Gasteiger partial charge in [-0.2, -0.15) is 0 Å². The minimum absolute atomic E-state index is 0.399. The second-order valence-electron chi connectivity index (χ2n) is 3.96. The van der Waals surface area contributed by atoms with Gasteiger partial charge in [-0.25, -0.2) is 17.6 Å². The van der Waals surface area contributed by atoms with Crippen LogP contribution in [0.5, 0.6) is 0 Å². The summed E-state index contributed by atoms with van der Waals surface area (Å²) in [6.45, 7) is 5.02. The van der Waals surface area contributed by atoms with Gasteiger partial charge in [0.05, 0.1) is 29.5 Å². The molecule has 0 aliphatic heterocycles. The Balaban J connectivity index is 0.000000331. The Morgan fingerprint density at radius 3 is 2.44 bits per heavy atom. The van der Waals surface area contributed by atoms with Crippen molar-refractivity contribution in [2.24, 2.45) is 7.05 Å². The van der Waals surface area contributed by atoms with Gasteiger partial charge in [0.2, 0.25) is 6.33 Å². The number of hydrogen-bond acceptors (Lipinski definition) is 3.